The molecule has 0 radical (unpaired) electrons. The van der Waals surface area contributed by atoms with Crippen LogP contribution in [0.4, 0.5) is 11.8 Å². The minimum atomic E-state index is -1.24. The van der Waals surface area contributed by atoms with Crippen molar-refractivity contribution in [3.8, 4) is 0 Å². The lowest BCUT2D eigenvalue weighted by atomic mass is 9.90. The van der Waals surface area contributed by atoms with Gasteiger partial charge in [0.2, 0.25) is 5.95 Å². The number of imidazole rings is 1. The van der Waals surface area contributed by atoms with E-state index in [0.29, 0.717) is 17.1 Å². The summed E-state index contributed by atoms with van der Waals surface area (Å²) in [5, 5.41) is 33.8. The van der Waals surface area contributed by atoms with Crippen LogP contribution in [0.25, 0.3) is 11.2 Å². The Hall–Kier alpha value is -2.34. The number of anilines is 2. The van der Waals surface area contributed by atoms with Crippen LogP contribution in [0.5, 0.6) is 0 Å². The van der Waals surface area contributed by atoms with E-state index in [1.54, 1.807) is 0 Å². The van der Waals surface area contributed by atoms with Crippen LogP contribution in [0, 0.1) is 5.92 Å². The van der Waals surface area contributed by atoms with Crippen LogP contribution in [0.2, 0.25) is 0 Å². The number of fused-ring (bicyclic) bond motifs is 1. The summed E-state index contributed by atoms with van der Waals surface area (Å²) in [5.74, 6) is 0.809. The molecule has 2 aromatic rings. The number of rotatable bonds is 5. The Kier molecular flexibility index (Phi) is 5.40. The number of hydrogen-bond acceptors (Lipinski definition) is 10. The first-order chi connectivity index (χ1) is 13.6. The molecule has 11 nitrogen and oxygen atoms in total. The van der Waals surface area contributed by atoms with Gasteiger partial charge in [-0.1, -0.05) is 19.3 Å². The molecule has 1 saturated heterocycles. The van der Waals surface area contributed by atoms with Crippen LogP contribution >= 0.6 is 0 Å². The van der Waals surface area contributed by atoms with E-state index in [2.05, 4.69) is 25.5 Å². The van der Waals surface area contributed by atoms with Gasteiger partial charge in [-0.25, -0.2) is 10.4 Å². The lowest BCUT2D eigenvalue weighted by molar-refractivity contribution is -0.0511. The van der Waals surface area contributed by atoms with Crippen molar-refractivity contribution in [3.63, 3.8) is 0 Å². The van der Waals surface area contributed by atoms with E-state index in [1.165, 1.54) is 30.2 Å². The Morgan fingerprint density at radius 2 is 2.04 bits per heavy atom. The zero-order valence-electron chi connectivity index (χ0n) is 15.3. The van der Waals surface area contributed by atoms with Crippen molar-refractivity contribution in [2.45, 2.75) is 56.6 Å². The summed E-state index contributed by atoms with van der Waals surface area (Å²) < 4.78 is 7.01. The third-order valence-electron chi connectivity index (χ3n) is 5.34. The molecule has 1 aliphatic carbocycles. The fraction of sp³-hybridized carbons (Fsp3) is 0.647. The molecule has 4 atom stereocenters. The topological polar surface area (TPSA) is 164 Å². The lowest BCUT2D eigenvalue weighted by Gasteiger charge is -2.17. The Balaban J connectivity index is 1.57. The second-order valence-electron chi connectivity index (χ2n) is 7.27. The molecule has 3 heterocycles. The molecule has 2 fully saturated rings. The predicted octanol–water partition coefficient (Wildman–Crippen LogP) is -0.00200. The maximum atomic E-state index is 10.3. The van der Waals surface area contributed by atoms with E-state index in [4.69, 9.17) is 10.5 Å². The molecule has 4 unspecified atom stereocenters. The normalized spacial score (nSPS) is 29.1. The van der Waals surface area contributed by atoms with E-state index in [-0.39, 0.29) is 11.8 Å². The molecule has 0 aromatic carbocycles. The number of hydrogen-bond donors (Lipinski definition) is 5. The highest BCUT2D eigenvalue weighted by atomic mass is 16.6. The average Bonchev–Trinajstić information content (AvgIpc) is 3.24. The largest absolute Gasteiger partial charge is 0.394 e. The van der Waals surface area contributed by atoms with Crippen LogP contribution in [-0.2, 0) is 4.74 Å². The molecule has 1 aliphatic heterocycles. The quantitative estimate of drug-likeness (QED) is 0.348. The van der Waals surface area contributed by atoms with Gasteiger partial charge in [0.15, 0.2) is 17.7 Å². The minimum absolute atomic E-state index is 0.158. The number of hydrazone groups is 1. The Labute approximate surface area is 161 Å². The van der Waals surface area contributed by atoms with Gasteiger partial charge in [-0.15, -0.1) is 0 Å². The molecule has 6 N–H and O–H groups in total. The summed E-state index contributed by atoms with van der Waals surface area (Å²) in [6.45, 7) is -0.416. The van der Waals surface area contributed by atoms with Crippen LogP contribution < -0.4 is 11.2 Å². The fourth-order valence-electron chi connectivity index (χ4n) is 3.77. The van der Waals surface area contributed by atoms with Gasteiger partial charge in [-0.3, -0.25) is 4.57 Å². The van der Waals surface area contributed by atoms with Gasteiger partial charge in [0, 0.05) is 6.21 Å². The molecule has 4 rings (SSSR count). The smallest absolute Gasteiger partial charge is 0.247 e. The number of aliphatic hydroxyl groups is 3. The van der Waals surface area contributed by atoms with E-state index < -0.39 is 31.1 Å². The summed E-state index contributed by atoms with van der Waals surface area (Å²) >= 11 is 0. The van der Waals surface area contributed by atoms with Crippen molar-refractivity contribution in [1.29, 1.82) is 0 Å². The van der Waals surface area contributed by atoms with Gasteiger partial charge in [0.05, 0.1) is 12.9 Å². The first kappa shape index (κ1) is 19.0. The minimum Gasteiger partial charge on any atom is -0.394 e. The first-order valence-corrected chi connectivity index (χ1v) is 9.50. The van der Waals surface area contributed by atoms with Gasteiger partial charge < -0.3 is 25.8 Å². The second-order valence-corrected chi connectivity index (χ2v) is 7.27. The number of aliphatic hydroxyl groups excluding tert-OH is 3. The fourth-order valence-corrected chi connectivity index (χ4v) is 3.77. The average molecular weight is 391 g/mol. The molecule has 2 aliphatic rings. The maximum Gasteiger partial charge on any atom is 0.247 e. The molecule has 11 heteroatoms. The molecule has 1 saturated carbocycles. The first-order valence-electron chi connectivity index (χ1n) is 9.50. The van der Waals surface area contributed by atoms with Crippen molar-refractivity contribution < 1.29 is 20.1 Å². The maximum absolute atomic E-state index is 10.3. The van der Waals surface area contributed by atoms with E-state index in [0.717, 1.165) is 12.8 Å². The standard InChI is InChI=1S/C17H25N7O4/c18-14-11-15(22-17(21-14)23-20-6-9-4-2-1-3-5-9)24(8-19-11)16-13(27)12(26)10(7-25)28-16/h6,8-10,12-13,16,25-27H,1-5,7H2,(H3,18,21,22,23)/b20-6+. The van der Waals surface area contributed by atoms with Crippen LogP contribution in [0.1, 0.15) is 38.3 Å². The highest BCUT2D eigenvalue weighted by Crippen LogP contribution is 2.32. The molecule has 0 bridgehead atoms. The number of nitrogens with one attached hydrogen (secondary N) is 1. The van der Waals surface area contributed by atoms with Crippen molar-refractivity contribution >= 4 is 29.1 Å². The molecular formula is C17H25N7O4. The van der Waals surface area contributed by atoms with Crippen LogP contribution in [-0.4, -0.2) is 66.0 Å². The SMILES string of the molecule is Nc1nc(N/N=C/C2CCCCC2)nc2c1ncn2C1OC(CO)C(O)C1O. The summed E-state index contributed by atoms with van der Waals surface area (Å²) in [6, 6.07) is 0. The number of nitrogens with two attached hydrogens (primary N) is 1. The number of aromatic nitrogens is 4. The van der Waals surface area contributed by atoms with Gasteiger partial charge in [-0.2, -0.15) is 15.1 Å². The molecule has 28 heavy (non-hydrogen) atoms. The lowest BCUT2D eigenvalue weighted by Crippen LogP contribution is -2.33. The van der Waals surface area contributed by atoms with Gasteiger partial charge in [-0.05, 0) is 18.8 Å². The zero-order chi connectivity index (χ0) is 19.7. The second kappa shape index (κ2) is 7.95. The Morgan fingerprint density at radius 3 is 2.75 bits per heavy atom. The van der Waals surface area contributed by atoms with E-state index in [1.807, 2.05) is 6.21 Å². The summed E-state index contributed by atoms with van der Waals surface area (Å²) in [7, 11) is 0. The summed E-state index contributed by atoms with van der Waals surface area (Å²) in [5.41, 5.74) is 9.47. The summed E-state index contributed by atoms with van der Waals surface area (Å²) in [6.07, 6.45) is 4.95. The number of ether oxygens (including phenoxy) is 1. The van der Waals surface area contributed by atoms with E-state index >= 15 is 0 Å². The van der Waals surface area contributed by atoms with Gasteiger partial charge >= 0.3 is 0 Å². The predicted molar refractivity (Wildman–Crippen MR) is 101 cm³/mol. The van der Waals surface area contributed by atoms with Gasteiger partial charge in [0.1, 0.15) is 23.8 Å². The van der Waals surface area contributed by atoms with Crippen molar-refractivity contribution in [1.82, 2.24) is 19.5 Å². The zero-order valence-corrected chi connectivity index (χ0v) is 15.3. The molecular weight excluding hydrogens is 366 g/mol. The Bertz CT molecular complexity index is 851. The highest BCUT2D eigenvalue weighted by molar-refractivity contribution is 5.83. The van der Waals surface area contributed by atoms with Crippen molar-refractivity contribution in [2.75, 3.05) is 17.8 Å². The van der Waals surface area contributed by atoms with E-state index in [9.17, 15) is 15.3 Å². The molecule has 0 spiro atoms. The number of nitrogen functional groups attached to an aromatic ring is 1. The monoisotopic (exact) mass is 391 g/mol. The van der Waals surface area contributed by atoms with Crippen LogP contribution in [0.15, 0.2) is 11.4 Å². The highest BCUT2D eigenvalue weighted by Gasteiger charge is 2.44. The van der Waals surface area contributed by atoms with Crippen molar-refractivity contribution in [2.24, 2.45) is 11.0 Å². The molecule has 2 aromatic heterocycles. The van der Waals surface area contributed by atoms with Crippen molar-refractivity contribution in [3.05, 3.63) is 6.33 Å². The molecule has 0 amide bonds. The molecule has 152 valence electrons. The Morgan fingerprint density at radius 1 is 1.25 bits per heavy atom. The third-order valence-corrected chi connectivity index (χ3v) is 5.34. The number of nitrogens with zero attached hydrogens (tertiary/aromatic N) is 5. The van der Waals surface area contributed by atoms with Gasteiger partial charge in [0.25, 0.3) is 0 Å². The summed E-state index contributed by atoms with van der Waals surface area (Å²) in [4.78, 5) is 12.7. The third kappa shape index (κ3) is 3.53. The van der Waals surface area contributed by atoms with Crippen LogP contribution in [0.3, 0.4) is 0 Å².